The van der Waals surface area contributed by atoms with Crippen LogP contribution in [-0.4, -0.2) is 16.2 Å². The van der Waals surface area contributed by atoms with Crippen LogP contribution < -0.4 is 4.74 Å². The molecule has 0 aliphatic carbocycles. The molecule has 2 aromatic carbocycles. The largest absolute Gasteiger partial charge is 0.402 e. The van der Waals surface area contributed by atoms with Gasteiger partial charge in [-0.1, -0.05) is 42.5 Å². The Morgan fingerprint density at radius 2 is 1.59 bits per heavy atom. The molecule has 4 nitrogen and oxygen atoms in total. The molecular formula is C17H11BrN2O2. The average molecular weight is 355 g/mol. The number of nitrogens with zero attached hydrogens (tertiary/aromatic N) is 2. The molecule has 0 N–H and O–H groups in total. The summed E-state index contributed by atoms with van der Waals surface area (Å²) in [6, 6.07) is 20.1. The third kappa shape index (κ3) is 3.20. The molecule has 0 fully saturated rings. The number of aromatic nitrogens is 2. The van der Waals surface area contributed by atoms with Gasteiger partial charge in [0.2, 0.25) is 5.88 Å². The molecule has 0 atom stereocenters. The fraction of sp³-hybridized carbons (Fsp3) is 0. The zero-order valence-electron chi connectivity index (χ0n) is 11.4. The molecule has 1 heterocycles. The Kier molecular flexibility index (Phi) is 4.25. The van der Waals surface area contributed by atoms with Crippen LogP contribution in [0.15, 0.2) is 71.2 Å². The van der Waals surface area contributed by atoms with E-state index in [9.17, 15) is 4.79 Å². The van der Waals surface area contributed by atoms with Crippen molar-refractivity contribution in [2.24, 2.45) is 0 Å². The first kappa shape index (κ1) is 14.4. The summed E-state index contributed by atoms with van der Waals surface area (Å²) in [4.78, 5) is 12.1. The number of carbonyl (C=O) groups is 1. The molecule has 3 aromatic rings. The van der Waals surface area contributed by atoms with Crippen LogP contribution in [0.4, 0.5) is 0 Å². The third-order valence-electron chi connectivity index (χ3n) is 3.00. The lowest BCUT2D eigenvalue weighted by Gasteiger charge is -2.05. The second-order valence-corrected chi connectivity index (χ2v) is 5.35. The first-order valence-electron chi connectivity index (χ1n) is 6.60. The first-order valence-corrected chi connectivity index (χ1v) is 7.39. The van der Waals surface area contributed by atoms with Gasteiger partial charge in [-0.05, 0) is 34.1 Å². The Labute approximate surface area is 135 Å². The number of benzene rings is 2. The Bertz CT molecular complexity index is 789. The third-order valence-corrected chi connectivity index (χ3v) is 3.69. The minimum absolute atomic E-state index is 0.167. The Balaban J connectivity index is 1.77. The number of esters is 1. The van der Waals surface area contributed by atoms with E-state index in [4.69, 9.17) is 4.74 Å². The summed E-state index contributed by atoms with van der Waals surface area (Å²) in [6.45, 7) is 0. The van der Waals surface area contributed by atoms with Crippen LogP contribution in [0.2, 0.25) is 0 Å². The first-order chi connectivity index (χ1) is 10.7. The van der Waals surface area contributed by atoms with Crippen LogP contribution >= 0.6 is 15.9 Å². The molecular weight excluding hydrogens is 344 g/mol. The van der Waals surface area contributed by atoms with Crippen LogP contribution in [0.3, 0.4) is 0 Å². The van der Waals surface area contributed by atoms with Gasteiger partial charge in [0, 0.05) is 16.1 Å². The minimum atomic E-state index is -0.478. The summed E-state index contributed by atoms with van der Waals surface area (Å²) >= 11 is 3.32. The maximum atomic E-state index is 12.1. The second kappa shape index (κ2) is 6.49. The lowest BCUT2D eigenvalue weighted by atomic mass is 10.1. The minimum Gasteiger partial charge on any atom is -0.402 e. The quantitative estimate of drug-likeness (QED) is 0.663. The van der Waals surface area contributed by atoms with Crippen LogP contribution in [0.25, 0.3) is 11.3 Å². The number of halogens is 1. The molecule has 0 radical (unpaired) electrons. The molecule has 108 valence electrons. The van der Waals surface area contributed by atoms with E-state index in [-0.39, 0.29) is 5.88 Å². The van der Waals surface area contributed by atoms with Crippen LogP contribution in [0.5, 0.6) is 5.88 Å². The Hall–Kier alpha value is -2.53. The summed E-state index contributed by atoms with van der Waals surface area (Å²) < 4.78 is 5.90. The van der Waals surface area contributed by atoms with Crippen LogP contribution in [0, 0.1) is 0 Å². The molecule has 0 saturated carbocycles. The number of carbonyl (C=O) groups excluding carboxylic acids is 1. The lowest BCUT2D eigenvalue weighted by molar-refractivity contribution is 0.0725. The number of rotatable bonds is 3. The van der Waals surface area contributed by atoms with E-state index in [1.165, 1.54) is 0 Å². The summed E-state index contributed by atoms with van der Waals surface area (Å²) in [5, 5.41) is 8.02. The van der Waals surface area contributed by atoms with Gasteiger partial charge in [0.15, 0.2) is 0 Å². The molecule has 0 unspecified atom stereocenters. The van der Waals surface area contributed by atoms with E-state index >= 15 is 0 Å². The van der Waals surface area contributed by atoms with Crippen molar-refractivity contribution in [3.63, 3.8) is 0 Å². The SMILES string of the molecule is O=C(Oc1ccc(-c2ccccc2)nn1)c1ccccc1Br. The molecule has 22 heavy (non-hydrogen) atoms. The van der Waals surface area contributed by atoms with Crippen molar-refractivity contribution >= 4 is 21.9 Å². The van der Waals surface area contributed by atoms with Gasteiger partial charge < -0.3 is 4.74 Å². The highest BCUT2D eigenvalue weighted by Gasteiger charge is 2.13. The molecule has 5 heteroatoms. The van der Waals surface area contributed by atoms with Gasteiger partial charge in [0.1, 0.15) is 0 Å². The van der Waals surface area contributed by atoms with Crippen molar-refractivity contribution in [3.8, 4) is 17.1 Å². The molecule has 0 amide bonds. The molecule has 3 rings (SSSR count). The Morgan fingerprint density at radius 3 is 2.27 bits per heavy atom. The summed E-state index contributed by atoms with van der Waals surface area (Å²) in [5.74, 6) is -0.310. The lowest BCUT2D eigenvalue weighted by Crippen LogP contribution is -2.10. The second-order valence-electron chi connectivity index (χ2n) is 4.49. The van der Waals surface area contributed by atoms with E-state index in [0.717, 1.165) is 11.3 Å². The van der Waals surface area contributed by atoms with Gasteiger partial charge in [-0.15, -0.1) is 10.2 Å². The van der Waals surface area contributed by atoms with Gasteiger partial charge >= 0.3 is 5.97 Å². The van der Waals surface area contributed by atoms with Crippen LogP contribution in [-0.2, 0) is 0 Å². The predicted octanol–water partition coefficient (Wildman–Crippen LogP) is 4.13. The highest BCUT2D eigenvalue weighted by molar-refractivity contribution is 9.10. The summed E-state index contributed by atoms with van der Waals surface area (Å²) in [6.07, 6.45) is 0. The zero-order valence-corrected chi connectivity index (χ0v) is 13.0. The average Bonchev–Trinajstić information content (AvgIpc) is 2.57. The van der Waals surface area contributed by atoms with E-state index in [0.29, 0.717) is 10.0 Å². The highest BCUT2D eigenvalue weighted by atomic mass is 79.9. The van der Waals surface area contributed by atoms with Crippen molar-refractivity contribution in [3.05, 3.63) is 76.8 Å². The molecule has 0 spiro atoms. The van der Waals surface area contributed by atoms with Crippen molar-refractivity contribution in [2.45, 2.75) is 0 Å². The van der Waals surface area contributed by atoms with Crippen molar-refractivity contribution in [1.82, 2.24) is 10.2 Å². The maximum absolute atomic E-state index is 12.1. The standard InChI is InChI=1S/C17H11BrN2O2/c18-14-9-5-4-8-13(14)17(21)22-16-11-10-15(19-20-16)12-6-2-1-3-7-12/h1-11H. The van der Waals surface area contributed by atoms with Gasteiger partial charge in [0.05, 0.1) is 11.3 Å². The molecule has 0 bridgehead atoms. The molecule has 0 aliphatic heterocycles. The molecule has 0 aliphatic rings. The van der Waals surface area contributed by atoms with E-state index in [1.54, 1.807) is 30.3 Å². The summed E-state index contributed by atoms with van der Waals surface area (Å²) in [7, 11) is 0. The van der Waals surface area contributed by atoms with Gasteiger partial charge in [0.25, 0.3) is 0 Å². The van der Waals surface area contributed by atoms with Gasteiger partial charge in [-0.3, -0.25) is 0 Å². The fourth-order valence-corrected chi connectivity index (χ4v) is 2.36. The van der Waals surface area contributed by atoms with Crippen molar-refractivity contribution in [2.75, 3.05) is 0 Å². The smallest absolute Gasteiger partial charge is 0.346 e. The highest BCUT2D eigenvalue weighted by Crippen LogP contribution is 2.20. The number of ether oxygens (including phenoxy) is 1. The maximum Gasteiger partial charge on any atom is 0.346 e. The predicted molar refractivity (Wildman–Crippen MR) is 86.6 cm³/mol. The Morgan fingerprint density at radius 1 is 0.864 bits per heavy atom. The van der Waals surface area contributed by atoms with Gasteiger partial charge in [-0.25, -0.2) is 4.79 Å². The van der Waals surface area contributed by atoms with Crippen molar-refractivity contribution in [1.29, 1.82) is 0 Å². The number of hydrogen-bond donors (Lipinski definition) is 0. The number of hydrogen-bond acceptors (Lipinski definition) is 4. The normalized spacial score (nSPS) is 10.2. The fourth-order valence-electron chi connectivity index (χ4n) is 1.91. The molecule has 0 saturated heterocycles. The molecule has 1 aromatic heterocycles. The monoisotopic (exact) mass is 354 g/mol. The zero-order chi connectivity index (χ0) is 15.4. The van der Waals surface area contributed by atoms with E-state index < -0.39 is 5.97 Å². The summed E-state index contributed by atoms with van der Waals surface area (Å²) in [5.41, 5.74) is 2.12. The van der Waals surface area contributed by atoms with E-state index in [1.807, 2.05) is 36.4 Å². The van der Waals surface area contributed by atoms with Crippen LogP contribution in [0.1, 0.15) is 10.4 Å². The van der Waals surface area contributed by atoms with Gasteiger partial charge in [-0.2, -0.15) is 0 Å². The van der Waals surface area contributed by atoms with Crippen molar-refractivity contribution < 1.29 is 9.53 Å². The topological polar surface area (TPSA) is 52.1 Å². The van der Waals surface area contributed by atoms with E-state index in [2.05, 4.69) is 26.1 Å².